The van der Waals surface area contributed by atoms with Crippen LogP contribution in [0.1, 0.15) is 62.9 Å². The second-order valence-electron chi connectivity index (χ2n) is 9.93. The van der Waals surface area contributed by atoms with Crippen LogP contribution in [0.25, 0.3) is 0 Å². The minimum atomic E-state index is -1.18. The van der Waals surface area contributed by atoms with E-state index in [0.717, 1.165) is 12.8 Å². The highest BCUT2D eigenvalue weighted by molar-refractivity contribution is 5.97. The van der Waals surface area contributed by atoms with Gasteiger partial charge in [-0.1, -0.05) is 18.8 Å². The molecule has 33 heavy (non-hydrogen) atoms. The predicted molar refractivity (Wildman–Crippen MR) is 124 cm³/mol. The lowest BCUT2D eigenvalue weighted by Gasteiger charge is -2.37. The number of hydrogen-bond donors (Lipinski definition) is 2. The number of fused-ring (bicyclic) bond motifs is 1. The number of aliphatic hydroxyl groups excluding tert-OH is 1. The topological polar surface area (TPSA) is 103 Å². The van der Waals surface area contributed by atoms with Crippen molar-refractivity contribution in [3.63, 3.8) is 0 Å². The molecular weight excluding hydrogens is 422 g/mol. The summed E-state index contributed by atoms with van der Waals surface area (Å²) in [6.07, 6.45) is 3.92. The Balaban J connectivity index is 1.92. The third kappa shape index (κ3) is 6.68. The molecule has 3 atom stereocenters. The first kappa shape index (κ1) is 25.0. The Bertz CT molecular complexity index is 942. The lowest BCUT2D eigenvalue weighted by molar-refractivity contribution is -0.131. The molecular formula is C25H35N3O5. The molecule has 1 aromatic heterocycles. The van der Waals surface area contributed by atoms with Gasteiger partial charge in [-0.05, 0) is 45.6 Å². The first-order valence-electron chi connectivity index (χ1n) is 11.6. The second-order valence-corrected chi connectivity index (χ2v) is 9.93. The van der Waals surface area contributed by atoms with Crippen LogP contribution in [-0.2, 0) is 4.79 Å². The molecule has 2 amide bonds. The Kier molecular flexibility index (Phi) is 7.65. The number of pyridine rings is 1. The van der Waals surface area contributed by atoms with Crippen LogP contribution in [0.15, 0.2) is 12.3 Å². The standard InChI is InChI=1S/C25H35N3O5/c1-16-13-28(17(2)15-29)24(31)20-10-19(8-9-25(3,4)32)12-26-23(20)33-21(16)14-27(5)22(30)11-18-6-7-18/h10,12,16-18,21,29,32H,6-7,11,13-15H2,1-5H3/t16-,17+,21-/m0/s1. The summed E-state index contributed by atoms with van der Waals surface area (Å²) >= 11 is 0. The van der Waals surface area contributed by atoms with Gasteiger partial charge in [0.2, 0.25) is 11.8 Å². The molecule has 2 aliphatic rings. The zero-order valence-corrected chi connectivity index (χ0v) is 20.2. The van der Waals surface area contributed by atoms with Crippen molar-refractivity contribution in [2.75, 3.05) is 26.7 Å². The van der Waals surface area contributed by atoms with E-state index in [9.17, 15) is 19.8 Å². The maximum Gasteiger partial charge on any atom is 0.259 e. The lowest BCUT2D eigenvalue weighted by Crippen LogP contribution is -2.50. The molecule has 0 bridgehead atoms. The van der Waals surface area contributed by atoms with Gasteiger partial charge >= 0.3 is 0 Å². The summed E-state index contributed by atoms with van der Waals surface area (Å²) in [4.78, 5) is 33.6. The van der Waals surface area contributed by atoms with Crippen LogP contribution in [0, 0.1) is 23.7 Å². The van der Waals surface area contributed by atoms with E-state index in [0.29, 0.717) is 31.0 Å². The van der Waals surface area contributed by atoms with E-state index in [1.165, 1.54) is 6.20 Å². The number of hydrogen-bond acceptors (Lipinski definition) is 6. The second kappa shape index (κ2) is 10.1. The number of ether oxygens (including phenoxy) is 1. The summed E-state index contributed by atoms with van der Waals surface area (Å²) in [5.41, 5.74) is -0.451. The molecule has 1 aliphatic carbocycles. The van der Waals surface area contributed by atoms with Crippen molar-refractivity contribution in [2.45, 2.75) is 64.7 Å². The minimum Gasteiger partial charge on any atom is -0.472 e. The number of likely N-dealkylation sites (N-methyl/N-ethyl adjacent to an activating group) is 1. The van der Waals surface area contributed by atoms with Gasteiger partial charge in [-0.2, -0.15) is 0 Å². The molecule has 0 unspecified atom stereocenters. The molecule has 1 aliphatic heterocycles. The van der Waals surface area contributed by atoms with E-state index >= 15 is 0 Å². The van der Waals surface area contributed by atoms with Crippen LogP contribution in [-0.4, -0.2) is 81.3 Å². The molecule has 180 valence electrons. The Morgan fingerprint density at radius 3 is 2.73 bits per heavy atom. The van der Waals surface area contributed by atoms with Gasteiger partial charge in [0, 0.05) is 37.7 Å². The number of nitrogens with zero attached hydrogens (tertiary/aromatic N) is 3. The summed E-state index contributed by atoms with van der Waals surface area (Å²) in [5, 5.41) is 19.7. The van der Waals surface area contributed by atoms with Crippen molar-refractivity contribution >= 4 is 11.8 Å². The van der Waals surface area contributed by atoms with Crippen molar-refractivity contribution in [3.8, 4) is 17.7 Å². The normalized spacial score (nSPS) is 21.7. The van der Waals surface area contributed by atoms with E-state index in [1.54, 1.807) is 43.7 Å². The summed E-state index contributed by atoms with van der Waals surface area (Å²) in [5.74, 6) is 5.96. The van der Waals surface area contributed by atoms with Crippen LogP contribution >= 0.6 is 0 Å². The van der Waals surface area contributed by atoms with Crippen molar-refractivity contribution in [2.24, 2.45) is 11.8 Å². The molecule has 3 rings (SSSR count). The highest BCUT2D eigenvalue weighted by atomic mass is 16.5. The number of aromatic nitrogens is 1. The number of amides is 2. The molecule has 0 spiro atoms. The SMILES string of the molecule is C[C@H](CO)N1C[C@H](C)[C@H](CN(C)C(=O)CC2CC2)Oc2ncc(C#CC(C)(C)O)cc2C1=O. The van der Waals surface area contributed by atoms with Crippen molar-refractivity contribution in [1.29, 1.82) is 0 Å². The quantitative estimate of drug-likeness (QED) is 0.630. The molecule has 0 radical (unpaired) electrons. The average Bonchev–Trinajstić information content (AvgIpc) is 3.57. The van der Waals surface area contributed by atoms with Crippen molar-refractivity contribution in [1.82, 2.24) is 14.8 Å². The molecule has 8 heteroatoms. The van der Waals surface area contributed by atoms with Crippen LogP contribution in [0.5, 0.6) is 5.88 Å². The summed E-state index contributed by atoms with van der Waals surface area (Å²) in [6.45, 7) is 7.49. The van der Waals surface area contributed by atoms with Crippen LogP contribution in [0.2, 0.25) is 0 Å². The minimum absolute atomic E-state index is 0.0938. The van der Waals surface area contributed by atoms with Crippen LogP contribution in [0.3, 0.4) is 0 Å². The van der Waals surface area contributed by atoms with Gasteiger partial charge in [0.1, 0.15) is 17.3 Å². The van der Waals surface area contributed by atoms with Gasteiger partial charge < -0.3 is 24.7 Å². The first-order valence-corrected chi connectivity index (χ1v) is 11.6. The molecule has 1 aromatic rings. The Morgan fingerprint density at radius 2 is 2.12 bits per heavy atom. The fourth-order valence-electron chi connectivity index (χ4n) is 3.71. The lowest BCUT2D eigenvalue weighted by atomic mass is 9.99. The highest BCUT2D eigenvalue weighted by Crippen LogP contribution is 2.33. The molecule has 2 heterocycles. The third-order valence-electron chi connectivity index (χ3n) is 6.07. The van der Waals surface area contributed by atoms with Gasteiger partial charge in [-0.3, -0.25) is 9.59 Å². The maximum absolute atomic E-state index is 13.4. The fourth-order valence-corrected chi connectivity index (χ4v) is 3.71. The fraction of sp³-hybridized carbons (Fsp3) is 0.640. The number of carbonyl (C=O) groups excluding carboxylic acids is 2. The Labute approximate surface area is 195 Å². The van der Waals surface area contributed by atoms with Gasteiger partial charge in [0.05, 0.1) is 19.2 Å². The Hall–Kier alpha value is -2.63. The highest BCUT2D eigenvalue weighted by Gasteiger charge is 2.35. The third-order valence-corrected chi connectivity index (χ3v) is 6.07. The monoisotopic (exact) mass is 457 g/mol. The van der Waals surface area contributed by atoms with Crippen molar-refractivity contribution < 1.29 is 24.5 Å². The van der Waals surface area contributed by atoms with E-state index in [1.807, 2.05) is 6.92 Å². The molecule has 2 N–H and O–H groups in total. The van der Waals surface area contributed by atoms with E-state index < -0.39 is 11.6 Å². The molecule has 1 saturated carbocycles. The number of rotatable bonds is 6. The van der Waals surface area contributed by atoms with Gasteiger partial charge in [0.25, 0.3) is 5.91 Å². The number of carbonyl (C=O) groups is 2. The summed E-state index contributed by atoms with van der Waals surface area (Å²) in [7, 11) is 1.78. The molecule has 0 aromatic carbocycles. The van der Waals surface area contributed by atoms with Crippen LogP contribution in [0.4, 0.5) is 0 Å². The Morgan fingerprint density at radius 1 is 1.42 bits per heavy atom. The zero-order valence-electron chi connectivity index (χ0n) is 20.2. The number of aliphatic hydroxyl groups is 2. The van der Waals surface area contributed by atoms with E-state index in [4.69, 9.17) is 4.74 Å². The predicted octanol–water partition coefficient (Wildman–Crippen LogP) is 1.68. The average molecular weight is 458 g/mol. The molecule has 8 nitrogen and oxygen atoms in total. The van der Waals surface area contributed by atoms with E-state index in [-0.39, 0.29) is 41.9 Å². The van der Waals surface area contributed by atoms with Gasteiger partial charge in [-0.25, -0.2) is 4.98 Å². The van der Waals surface area contributed by atoms with Gasteiger partial charge in [0.15, 0.2) is 0 Å². The largest absolute Gasteiger partial charge is 0.472 e. The van der Waals surface area contributed by atoms with E-state index in [2.05, 4.69) is 16.8 Å². The first-order chi connectivity index (χ1) is 15.5. The smallest absolute Gasteiger partial charge is 0.259 e. The zero-order chi connectivity index (χ0) is 24.3. The van der Waals surface area contributed by atoms with Crippen LogP contribution < -0.4 is 4.74 Å². The molecule has 1 fully saturated rings. The van der Waals surface area contributed by atoms with Crippen molar-refractivity contribution in [3.05, 3.63) is 23.4 Å². The summed E-state index contributed by atoms with van der Waals surface area (Å²) < 4.78 is 6.21. The molecule has 0 saturated heterocycles. The van der Waals surface area contributed by atoms with Gasteiger partial charge in [-0.15, -0.1) is 0 Å². The maximum atomic E-state index is 13.4. The summed E-state index contributed by atoms with van der Waals surface area (Å²) in [6, 6.07) is 1.21.